The second-order valence-electron chi connectivity index (χ2n) is 21.4. The molecule has 17 nitrogen and oxygen atoms in total. The first-order valence-electron chi connectivity index (χ1n) is 27.7. The molecule has 5 amide bonds. The molecule has 4 fully saturated rings. The number of carboxylic acids is 1. The van der Waals surface area contributed by atoms with E-state index in [4.69, 9.17) is 24.7 Å². The molecule has 2 heterocycles. The molecule has 0 aromatic heterocycles. The van der Waals surface area contributed by atoms with Gasteiger partial charge in [0, 0.05) is 63.7 Å². The average Bonchev–Trinajstić information content (AvgIpc) is 4.37. The van der Waals surface area contributed by atoms with Crippen LogP contribution in [0.5, 0.6) is 0 Å². The predicted molar refractivity (Wildman–Crippen MR) is 300 cm³/mol. The van der Waals surface area contributed by atoms with Crippen molar-refractivity contribution in [3.05, 3.63) is 144 Å². The number of ether oxygens (including phenoxy) is 4. The predicted octanol–water partition coefficient (Wildman–Crippen LogP) is 8.20. The van der Waals surface area contributed by atoms with Crippen LogP contribution in [-0.4, -0.2) is 140 Å². The van der Waals surface area contributed by atoms with Crippen LogP contribution in [0.25, 0.3) is 22.3 Å². The molecule has 10 rings (SSSR count). The molecule has 420 valence electrons. The summed E-state index contributed by atoms with van der Waals surface area (Å²) in [6.07, 6.45) is 5.41. The third kappa shape index (κ3) is 13.9. The van der Waals surface area contributed by atoms with Gasteiger partial charge in [-0.05, 0) is 89.5 Å². The highest BCUT2D eigenvalue weighted by Gasteiger charge is 2.42. The maximum Gasteiger partial charge on any atom is 0.410 e. The smallest absolute Gasteiger partial charge is 0.410 e. The normalized spacial score (nSPS) is 19.4. The number of aliphatic carboxylic acids is 1. The van der Waals surface area contributed by atoms with Crippen molar-refractivity contribution >= 4 is 35.9 Å². The molecule has 79 heavy (non-hydrogen) atoms. The van der Waals surface area contributed by atoms with Gasteiger partial charge in [-0.2, -0.15) is 0 Å². The average molecular weight is 1080 g/mol. The number of nitrogens with zero attached hydrogens (tertiary/aromatic N) is 2. The van der Waals surface area contributed by atoms with Crippen LogP contribution in [0.4, 0.5) is 9.59 Å². The van der Waals surface area contributed by atoms with E-state index in [0.717, 1.165) is 101 Å². The molecule has 0 bridgehead atoms. The van der Waals surface area contributed by atoms with Gasteiger partial charge < -0.3 is 45.7 Å². The number of rotatable bonds is 19. The largest absolute Gasteiger partial charge is 0.480 e. The van der Waals surface area contributed by atoms with Crippen LogP contribution in [-0.2, 0) is 38.1 Å². The minimum atomic E-state index is -1.03. The van der Waals surface area contributed by atoms with E-state index in [0.29, 0.717) is 18.9 Å². The highest BCUT2D eigenvalue weighted by atomic mass is 16.6. The maximum absolute atomic E-state index is 13.5. The Kier molecular flexibility index (Phi) is 19.4. The summed E-state index contributed by atoms with van der Waals surface area (Å²) in [6, 6.07) is 30.7. The molecule has 6 N–H and O–H groups in total. The first kappa shape index (κ1) is 57.8. The lowest BCUT2D eigenvalue weighted by Crippen LogP contribution is -2.55. The van der Waals surface area contributed by atoms with Gasteiger partial charge in [-0.3, -0.25) is 24.2 Å². The number of carbonyl (C=O) groups excluding carboxylic acids is 5. The number of methoxy groups -OCH3 is 2. The van der Waals surface area contributed by atoms with Crippen molar-refractivity contribution < 1.29 is 52.8 Å². The fraction of sp³-hybridized carbons (Fsp3) is 0.452. The fourth-order valence-electron chi connectivity index (χ4n) is 11.1. The third-order valence-electron chi connectivity index (χ3n) is 15.4. The number of hydrogen-bond acceptors (Lipinski definition) is 11. The summed E-state index contributed by atoms with van der Waals surface area (Å²) in [6.45, 7) is 12.7. The van der Waals surface area contributed by atoms with Gasteiger partial charge in [0.25, 0.3) is 11.8 Å². The van der Waals surface area contributed by atoms with E-state index in [-0.39, 0.29) is 74.4 Å². The van der Waals surface area contributed by atoms with Crippen LogP contribution < -0.4 is 21.7 Å². The Morgan fingerprint density at radius 2 is 0.975 bits per heavy atom. The molecule has 4 aromatic rings. The number of hydrogen-bond donors (Lipinski definition) is 5. The van der Waals surface area contributed by atoms with Crippen molar-refractivity contribution in [1.29, 1.82) is 0 Å². The van der Waals surface area contributed by atoms with Gasteiger partial charge in [-0.1, -0.05) is 148 Å². The van der Waals surface area contributed by atoms with Crippen molar-refractivity contribution in [1.82, 2.24) is 25.8 Å². The standard InChI is InChI=1S/C31H37N3O5.C21H19NO4.C10H20N2O2/c1-4-9-26(28(38-3)30(36)32-20-14-15-20)33-29(35)27-16-19(2)17-34(27)31(37)39-18-25-23-12-7-5-10-21(23)22-11-6-8-13-24(22)25;1-13-10-19(20(23)24)22(11-13)21(25)26-12-18-16-8-4-2-6-14(16)15-7-3-5-9-17(15)18;1-3-4-8(11)9(14-2)10(13)12-7-5-6-7/h5-8,10-13,20,25-28H,2,4,9,14-18H2,1,3H3,(H,32,36)(H,33,35);2-9,18-19H,1,10-12H2,(H,23,24);7-9H,3-6,11H2,1-2H3,(H,12,13)/t26-,27+,28?;19-;8-,9?/m100/s1. The molecule has 0 spiro atoms. The zero-order valence-corrected chi connectivity index (χ0v) is 45.8. The number of carboxylic acid groups (broad SMARTS) is 1. The van der Waals surface area contributed by atoms with E-state index >= 15 is 0 Å². The lowest BCUT2D eigenvalue weighted by molar-refractivity contribution is -0.141. The topological polar surface area (TPSA) is 228 Å². The Bertz CT molecular complexity index is 2790. The van der Waals surface area contributed by atoms with E-state index < -0.39 is 48.5 Å². The second-order valence-corrected chi connectivity index (χ2v) is 21.4. The molecule has 2 unspecified atom stereocenters. The summed E-state index contributed by atoms with van der Waals surface area (Å²) in [7, 11) is 3.01. The summed E-state index contributed by atoms with van der Waals surface area (Å²) < 4.78 is 22.0. The Balaban J connectivity index is 0.000000176. The van der Waals surface area contributed by atoms with E-state index in [1.54, 1.807) is 0 Å². The SMILES string of the molecule is C=C1C[C@@H](C(=O)N[C@H](CCC)C(OC)C(=O)NC2CC2)N(C(=O)OCC2c3ccccc3-c3ccccc32)C1.C=C1C[C@@H](C(=O)O)N(C(=O)OCC2c3ccccc3-c3ccccc32)C1.CCC[C@H](N)C(OC)C(=O)NC1CC1. The van der Waals surface area contributed by atoms with Gasteiger partial charge in [0.05, 0.1) is 6.04 Å². The Morgan fingerprint density at radius 3 is 1.35 bits per heavy atom. The molecular weight excluding hydrogens is 1000 g/mol. The van der Waals surface area contributed by atoms with Crippen molar-refractivity contribution in [3.63, 3.8) is 0 Å². The number of nitrogens with one attached hydrogen (secondary N) is 3. The second kappa shape index (κ2) is 26.5. The van der Waals surface area contributed by atoms with Crippen LogP contribution in [0.1, 0.15) is 112 Å². The number of likely N-dealkylation sites (tertiary alicyclic amines) is 2. The Labute approximate surface area is 463 Å². The van der Waals surface area contributed by atoms with Crippen molar-refractivity contribution in [2.24, 2.45) is 5.73 Å². The molecule has 6 aliphatic rings. The minimum absolute atomic E-state index is 0.0413. The zero-order chi connectivity index (χ0) is 56.3. The van der Waals surface area contributed by atoms with Crippen LogP contribution in [0.15, 0.2) is 121 Å². The summed E-state index contributed by atoms with van der Waals surface area (Å²) in [5.41, 5.74) is 16.5. The Hall–Kier alpha value is -7.34. The molecule has 17 heteroatoms. The van der Waals surface area contributed by atoms with Gasteiger partial charge in [0.1, 0.15) is 25.3 Å². The summed E-state index contributed by atoms with van der Waals surface area (Å²) >= 11 is 0. The number of carbonyl (C=O) groups is 6. The molecule has 0 radical (unpaired) electrons. The van der Waals surface area contributed by atoms with E-state index in [2.05, 4.69) is 65.5 Å². The minimum Gasteiger partial charge on any atom is -0.480 e. The van der Waals surface area contributed by atoms with E-state index in [1.165, 1.54) is 24.0 Å². The van der Waals surface area contributed by atoms with Crippen molar-refractivity contribution in [3.8, 4) is 22.3 Å². The summed E-state index contributed by atoms with van der Waals surface area (Å²) in [5, 5.41) is 18.2. The van der Waals surface area contributed by atoms with Crippen LogP contribution in [0.3, 0.4) is 0 Å². The van der Waals surface area contributed by atoms with Crippen LogP contribution in [0, 0.1) is 0 Å². The lowest BCUT2D eigenvalue weighted by atomic mass is 9.98. The molecule has 2 aliphatic heterocycles. The van der Waals surface area contributed by atoms with Gasteiger partial charge >= 0.3 is 18.2 Å². The first-order valence-corrected chi connectivity index (χ1v) is 27.7. The van der Waals surface area contributed by atoms with Gasteiger partial charge in [-0.25, -0.2) is 14.4 Å². The summed E-state index contributed by atoms with van der Waals surface area (Å²) in [5.74, 6) is -1.75. The van der Waals surface area contributed by atoms with Gasteiger partial charge in [-0.15, -0.1) is 0 Å². The fourth-order valence-corrected chi connectivity index (χ4v) is 11.1. The maximum atomic E-state index is 13.5. The molecular formula is C62H76N6O11. The highest BCUT2D eigenvalue weighted by Crippen LogP contribution is 2.46. The van der Waals surface area contributed by atoms with Crippen LogP contribution in [0.2, 0.25) is 0 Å². The molecule has 6 atom stereocenters. The number of nitrogens with two attached hydrogens (primary N) is 1. The van der Waals surface area contributed by atoms with Crippen molar-refractivity contribution in [2.45, 2.75) is 138 Å². The molecule has 4 aliphatic carbocycles. The highest BCUT2D eigenvalue weighted by molar-refractivity contribution is 5.89. The lowest BCUT2D eigenvalue weighted by Gasteiger charge is -2.29. The first-order chi connectivity index (χ1) is 38.1. The summed E-state index contributed by atoms with van der Waals surface area (Å²) in [4.78, 5) is 77.7. The number of amides is 5. The molecule has 4 aromatic carbocycles. The van der Waals surface area contributed by atoms with Gasteiger partial charge in [0.15, 0.2) is 12.2 Å². The zero-order valence-electron chi connectivity index (χ0n) is 45.8. The van der Waals surface area contributed by atoms with Crippen LogP contribution >= 0.6 is 0 Å². The molecule has 2 saturated carbocycles. The van der Waals surface area contributed by atoms with Crippen molar-refractivity contribution in [2.75, 3.05) is 40.5 Å². The van der Waals surface area contributed by atoms with E-state index in [9.17, 15) is 33.9 Å². The Morgan fingerprint density at radius 1 is 0.595 bits per heavy atom. The molecule has 2 saturated heterocycles. The number of benzene rings is 4. The van der Waals surface area contributed by atoms with Gasteiger partial charge in [0.2, 0.25) is 5.91 Å². The number of fused-ring (bicyclic) bond motifs is 6. The quantitative estimate of drug-likeness (QED) is 0.0560. The third-order valence-corrected chi connectivity index (χ3v) is 15.4. The monoisotopic (exact) mass is 1080 g/mol. The van der Waals surface area contributed by atoms with E-state index in [1.807, 2.05) is 74.5 Å².